The summed E-state index contributed by atoms with van der Waals surface area (Å²) in [4.78, 5) is 1.45. The first-order valence-corrected chi connectivity index (χ1v) is 17.1. The molecular weight excluding hydrogens is 615 g/mol. The molecule has 0 atom stereocenters. The lowest BCUT2D eigenvalue weighted by Gasteiger charge is -2.38. The lowest BCUT2D eigenvalue weighted by Crippen LogP contribution is -2.68. The molecule has 0 unspecified atom stereocenters. The van der Waals surface area contributed by atoms with Crippen LogP contribution >= 0.6 is 33.9 Å². The van der Waals surface area contributed by atoms with Crippen molar-refractivity contribution >= 4 is 52.9 Å². The predicted octanol–water partition coefficient (Wildman–Crippen LogP) is 8.53. The van der Waals surface area contributed by atoms with Crippen LogP contribution in [0.5, 0.6) is 5.75 Å². The smallest absolute Gasteiger partial charge is 0.469 e. The molecule has 0 fully saturated rings. The molecule has 2 nitrogen and oxygen atoms in total. The lowest BCUT2D eigenvalue weighted by molar-refractivity contribution is 0.101. The van der Waals surface area contributed by atoms with Gasteiger partial charge in [0.1, 0.15) is 5.75 Å². The molecule has 200 valence electrons. The molecule has 0 aliphatic heterocycles. The molecule has 0 bridgehead atoms. The Morgan fingerprint density at radius 3 is 1.74 bits per heavy atom. The number of hydrogen-bond acceptors (Lipinski definition) is 3. The van der Waals surface area contributed by atoms with E-state index >= 15 is 0 Å². The largest absolute Gasteiger partial charge is 0.514 e. The van der Waals surface area contributed by atoms with Crippen molar-refractivity contribution in [3.8, 4) is 5.75 Å². The Hall–Kier alpha value is -1.93. The Labute approximate surface area is 247 Å². The van der Waals surface area contributed by atoms with E-state index in [0.29, 0.717) is 0 Å². The van der Waals surface area contributed by atoms with Crippen LogP contribution in [-0.4, -0.2) is 14.2 Å². The maximum absolute atomic E-state index is 7.16. The van der Waals surface area contributed by atoms with Gasteiger partial charge < -0.3 is 8.85 Å². The van der Waals surface area contributed by atoms with Crippen molar-refractivity contribution in [3.05, 3.63) is 109 Å². The summed E-state index contributed by atoms with van der Waals surface area (Å²) in [6.45, 7) is 15.3. The zero-order valence-corrected chi connectivity index (χ0v) is 27.6. The molecule has 3 aromatic carbocycles. The predicted molar refractivity (Wildman–Crippen MR) is 174 cm³/mol. The van der Waals surface area contributed by atoms with Crippen molar-refractivity contribution in [1.29, 1.82) is 0 Å². The first-order chi connectivity index (χ1) is 18.0. The molecule has 0 spiro atoms. The quantitative estimate of drug-likeness (QED) is 0.133. The molecular formula is C33H39IO2SSi. The molecule has 4 rings (SSSR count). The van der Waals surface area contributed by atoms with E-state index in [1.54, 1.807) is 0 Å². The highest BCUT2D eigenvalue weighted by Gasteiger charge is 2.48. The molecule has 0 radical (unpaired) electrons. The summed E-state index contributed by atoms with van der Waals surface area (Å²) in [5.41, 5.74) is 3.47. The molecule has 0 saturated carbocycles. The first kappa shape index (κ1) is 29.1. The third-order valence-electron chi connectivity index (χ3n) is 7.27. The fourth-order valence-electron chi connectivity index (χ4n) is 5.23. The fraction of sp³-hybridized carbons (Fsp3) is 0.333. The first-order valence-electron chi connectivity index (χ1n) is 13.4. The second kappa shape index (κ2) is 11.7. The molecule has 0 saturated heterocycles. The van der Waals surface area contributed by atoms with Crippen LogP contribution in [0.2, 0.25) is 0 Å². The van der Waals surface area contributed by atoms with Crippen molar-refractivity contribution < 1.29 is 8.85 Å². The Morgan fingerprint density at radius 2 is 1.32 bits per heavy atom. The maximum Gasteiger partial charge on any atom is 0.469 e. The highest BCUT2D eigenvalue weighted by molar-refractivity contribution is 14.1. The number of thiophene rings is 1. The molecule has 5 heteroatoms. The van der Waals surface area contributed by atoms with Gasteiger partial charge in [0.15, 0.2) is 0 Å². The van der Waals surface area contributed by atoms with Gasteiger partial charge in [0.2, 0.25) is 0 Å². The highest BCUT2D eigenvalue weighted by atomic mass is 127. The second-order valence-electron chi connectivity index (χ2n) is 11.0. The number of benzene rings is 3. The van der Waals surface area contributed by atoms with Gasteiger partial charge in [-0.1, -0.05) is 86.6 Å². The van der Waals surface area contributed by atoms with Crippen molar-refractivity contribution in [1.82, 2.24) is 0 Å². The van der Waals surface area contributed by atoms with Gasteiger partial charge in [0.25, 0.3) is 0 Å². The van der Waals surface area contributed by atoms with Crippen LogP contribution in [0.25, 0.3) is 0 Å². The summed E-state index contributed by atoms with van der Waals surface area (Å²) >= 11 is 4.40. The minimum atomic E-state index is -3.10. The molecule has 0 aliphatic rings. The van der Waals surface area contributed by atoms with Gasteiger partial charge >= 0.3 is 8.56 Å². The van der Waals surface area contributed by atoms with Crippen molar-refractivity contribution in [2.75, 3.05) is 0 Å². The Kier molecular flexibility index (Phi) is 8.92. The maximum atomic E-state index is 7.16. The molecule has 0 aliphatic carbocycles. The van der Waals surface area contributed by atoms with E-state index in [-0.39, 0.29) is 11.0 Å². The zero-order valence-electron chi connectivity index (χ0n) is 23.6. The number of rotatable bonds is 9. The molecule has 0 N–H and O–H groups in total. The SMILES string of the molecule is CCC(CC)(c1ccc(O[Si](OC(C)(C)C)(c2ccccc2)c2ccccc2)c(C)c1)c1cc(C)c(I)s1. The Bertz CT molecular complexity index is 1300. The van der Waals surface area contributed by atoms with Crippen molar-refractivity contribution in [2.45, 2.75) is 72.3 Å². The standard InChI is InChI=1S/C33H39IO2SSi/c1-8-33(9-2,30-23-25(4)31(34)37-30)26-20-21-29(24(3)22-26)35-38(36-32(5,6)7,27-16-12-10-13-17-27)28-18-14-11-15-19-28/h10-23H,8-9H2,1-7H3. The van der Waals surface area contributed by atoms with E-state index in [9.17, 15) is 0 Å². The normalized spacial score (nSPS) is 12.5. The van der Waals surface area contributed by atoms with Crippen LogP contribution in [0, 0.1) is 16.7 Å². The Morgan fingerprint density at radius 1 is 0.763 bits per heavy atom. The van der Waals surface area contributed by atoms with Gasteiger partial charge in [0, 0.05) is 20.7 Å². The average Bonchev–Trinajstić information content (AvgIpc) is 3.24. The van der Waals surface area contributed by atoms with Gasteiger partial charge in [-0.3, -0.25) is 0 Å². The van der Waals surface area contributed by atoms with Crippen LogP contribution in [0.15, 0.2) is 84.9 Å². The van der Waals surface area contributed by atoms with Crippen LogP contribution in [0.1, 0.15) is 69.0 Å². The lowest BCUT2D eigenvalue weighted by atomic mass is 9.74. The number of hydrogen-bond donors (Lipinski definition) is 0. The second-order valence-corrected chi connectivity index (χ2v) is 16.7. The van der Waals surface area contributed by atoms with Crippen LogP contribution in [0.3, 0.4) is 0 Å². The van der Waals surface area contributed by atoms with Gasteiger partial charge in [-0.2, -0.15) is 0 Å². The topological polar surface area (TPSA) is 18.5 Å². The number of halogens is 1. The highest BCUT2D eigenvalue weighted by Crippen LogP contribution is 2.44. The summed E-state index contributed by atoms with van der Waals surface area (Å²) in [5, 5.41) is 2.20. The molecule has 38 heavy (non-hydrogen) atoms. The van der Waals surface area contributed by atoms with Gasteiger partial charge in [-0.25, -0.2) is 0 Å². The summed E-state index contributed by atoms with van der Waals surface area (Å²) < 4.78 is 15.5. The van der Waals surface area contributed by atoms with Crippen molar-refractivity contribution in [3.63, 3.8) is 0 Å². The minimum absolute atomic E-state index is 0.00255. The molecule has 1 aromatic heterocycles. The van der Waals surface area contributed by atoms with E-state index < -0.39 is 8.56 Å². The third-order valence-corrected chi connectivity index (χ3v) is 13.6. The summed E-state index contributed by atoms with van der Waals surface area (Å²) in [5.74, 6) is 0.885. The van der Waals surface area contributed by atoms with Gasteiger partial charge in [0.05, 0.1) is 8.48 Å². The van der Waals surface area contributed by atoms with E-state index in [1.165, 1.54) is 18.9 Å². The Balaban J connectivity index is 1.85. The molecule has 4 aromatic rings. The van der Waals surface area contributed by atoms with E-state index in [2.05, 4.69) is 144 Å². The van der Waals surface area contributed by atoms with Crippen molar-refractivity contribution in [2.24, 2.45) is 0 Å². The third kappa shape index (κ3) is 5.81. The summed E-state index contributed by atoms with van der Waals surface area (Å²) in [6.07, 6.45) is 2.11. The fourth-order valence-corrected chi connectivity index (χ4v) is 10.9. The monoisotopic (exact) mass is 654 g/mol. The minimum Gasteiger partial charge on any atom is -0.514 e. The van der Waals surface area contributed by atoms with Crippen LogP contribution in [0.4, 0.5) is 0 Å². The summed E-state index contributed by atoms with van der Waals surface area (Å²) in [7, 11) is -3.10. The summed E-state index contributed by atoms with van der Waals surface area (Å²) in [6, 6.07) is 30.2. The van der Waals surface area contributed by atoms with Crippen LogP contribution < -0.4 is 14.8 Å². The van der Waals surface area contributed by atoms with E-state index in [0.717, 1.165) is 34.5 Å². The van der Waals surface area contributed by atoms with E-state index in [1.807, 2.05) is 23.5 Å². The molecule has 0 amide bonds. The number of aryl methyl sites for hydroxylation is 2. The van der Waals surface area contributed by atoms with Gasteiger partial charge in [-0.15, -0.1) is 11.3 Å². The van der Waals surface area contributed by atoms with E-state index in [4.69, 9.17) is 8.85 Å². The average molecular weight is 655 g/mol. The van der Waals surface area contributed by atoms with Crippen LogP contribution in [-0.2, 0) is 9.84 Å². The molecule has 1 heterocycles. The van der Waals surface area contributed by atoms with Gasteiger partial charge in [-0.05, 0) is 98.9 Å². The zero-order chi connectivity index (χ0) is 27.6.